The maximum absolute atomic E-state index is 12.5. The zero-order valence-electron chi connectivity index (χ0n) is 17.9. The van der Waals surface area contributed by atoms with Gasteiger partial charge in [-0.05, 0) is 41.8 Å². The highest BCUT2D eigenvalue weighted by Gasteiger charge is 2.31. The van der Waals surface area contributed by atoms with Gasteiger partial charge in [0.15, 0.2) is 11.5 Å². The summed E-state index contributed by atoms with van der Waals surface area (Å²) in [5, 5.41) is 0. The lowest BCUT2D eigenvalue weighted by atomic mass is 10.1. The Balaban J connectivity index is 1.62. The van der Waals surface area contributed by atoms with Crippen LogP contribution in [0.3, 0.4) is 0 Å². The number of nitrogens with zero attached hydrogens (tertiary/aromatic N) is 1. The number of allylic oxidation sites excluding steroid dienone is 1. The van der Waals surface area contributed by atoms with Crippen molar-refractivity contribution in [2.45, 2.75) is 6.42 Å². The number of methoxy groups -OCH3 is 1. The molecule has 166 valence electrons. The van der Waals surface area contributed by atoms with E-state index in [1.165, 1.54) is 16.7 Å². The number of rotatable bonds is 11. The Morgan fingerprint density at radius 1 is 1.03 bits per heavy atom. The Morgan fingerprint density at radius 3 is 2.50 bits per heavy atom. The Labute approximate surface area is 198 Å². The van der Waals surface area contributed by atoms with Crippen LogP contribution in [-0.2, 0) is 11.2 Å². The smallest absolute Gasteiger partial charge is 0.266 e. The van der Waals surface area contributed by atoms with E-state index >= 15 is 0 Å². The maximum atomic E-state index is 12.5. The van der Waals surface area contributed by atoms with Crippen LogP contribution < -0.4 is 14.2 Å². The van der Waals surface area contributed by atoms with Crippen LogP contribution in [0.25, 0.3) is 6.08 Å². The zero-order valence-corrected chi connectivity index (χ0v) is 19.5. The molecule has 5 nitrogen and oxygen atoms in total. The predicted molar refractivity (Wildman–Crippen MR) is 134 cm³/mol. The number of thiocarbonyl (C=S) groups is 1. The number of thioether (sulfide) groups is 1. The van der Waals surface area contributed by atoms with E-state index in [2.05, 4.69) is 13.2 Å². The third-order valence-electron chi connectivity index (χ3n) is 4.61. The number of para-hydroxylation sites is 1. The highest BCUT2D eigenvalue weighted by atomic mass is 32.2. The quantitative estimate of drug-likeness (QED) is 0.194. The molecule has 0 bridgehead atoms. The maximum Gasteiger partial charge on any atom is 0.266 e. The van der Waals surface area contributed by atoms with E-state index < -0.39 is 0 Å². The second-order valence-electron chi connectivity index (χ2n) is 6.79. The molecule has 0 atom stereocenters. The second kappa shape index (κ2) is 11.5. The van der Waals surface area contributed by atoms with Gasteiger partial charge in [0.05, 0.1) is 12.0 Å². The molecule has 0 unspecified atom stereocenters. The minimum Gasteiger partial charge on any atom is -0.493 e. The molecule has 1 aliphatic heterocycles. The number of ether oxygens (including phenoxy) is 3. The first kappa shape index (κ1) is 23.6. The van der Waals surface area contributed by atoms with E-state index in [4.69, 9.17) is 26.4 Å². The van der Waals surface area contributed by atoms with Crippen molar-refractivity contribution in [2.24, 2.45) is 0 Å². The molecule has 1 amide bonds. The molecule has 2 aromatic carbocycles. The minimum absolute atomic E-state index is 0.118. The molecule has 0 radical (unpaired) electrons. The van der Waals surface area contributed by atoms with Gasteiger partial charge in [0.25, 0.3) is 5.91 Å². The van der Waals surface area contributed by atoms with Crippen LogP contribution in [0.4, 0.5) is 0 Å². The summed E-state index contributed by atoms with van der Waals surface area (Å²) >= 11 is 6.56. The number of benzene rings is 2. The first-order valence-electron chi connectivity index (χ1n) is 10.1. The molecule has 1 heterocycles. The van der Waals surface area contributed by atoms with Gasteiger partial charge in [-0.1, -0.05) is 60.4 Å². The molecule has 0 aliphatic carbocycles. The molecule has 0 N–H and O–H groups in total. The van der Waals surface area contributed by atoms with Crippen molar-refractivity contribution >= 4 is 40.3 Å². The lowest BCUT2D eigenvalue weighted by Gasteiger charge is -2.13. The number of carbonyl (C=O) groups is 1. The molecule has 1 saturated heterocycles. The van der Waals surface area contributed by atoms with E-state index in [1.807, 2.05) is 48.5 Å². The zero-order chi connectivity index (χ0) is 22.9. The van der Waals surface area contributed by atoms with E-state index in [9.17, 15) is 4.79 Å². The Hall–Kier alpha value is -3.03. The van der Waals surface area contributed by atoms with Gasteiger partial charge in [-0.3, -0.25) is 9.69 Å². The molecular formula is C25H25NO4S2. The molecule has 32 heavy (non-hydrogen) atoms. The van der Waals surface area contributed by atoms with E-state index in [-0.39, 0.29) is 5.91 Å². The van der Waals surface area contributed by atoms with Crippen molar-refractivity contribution in [1.29, 1.82) is 0 Å². The number of carbonyl (C=O) groups excluding carboxylic acids is 1. The number of amides is 1. The Morgan fingerprint density at radius 2 is 1.78 bits per heavy atom. The minimum atomic E-state index is -0.118. The van der Waals surface area contributed by atoms with Crippen molar-refractivity contribution in [3.05, 3.63) is 83.8 Å². The molecule has 1 fully saturated rings. The summed E-state index contributed by atoms with van der Waals surface area (Å²) in [6, 6.07) is 13.4. The number of hydrogen-bond acceptors (Lipinski definition) is 6. The van der Waals surface area contributed by atoms with Crippen LogP contribution in [0.5, 0.6) is 17.2 Å². The van der Waals surface area contributed by atoms with Crippen molar-refractivity contribution in [3.63, 3.8) is 0 Å². The van der Waals surface area contributed by atoms with Crippen LogP contribution in [0.2, 0.25) is 0 Å². The topological polar surface area (TPSA) is 48.0 Å². The van der Waals surface area contributed by atoms with Crippen LogP contribution in [0.15, 0.2) is 72.7 Å². The van der Waals surface area contributed by atoms with E-state index in [0.29, 0.717) is 40.5 Å². The van der Waals surface area contributed by atoms with Crippen molar-refractivity contribution < 1.29 is 19.0 Å². The molecule has 0 aromatic heterocycles. The van der Waals surface area contributed by atoms with Crippen LogP contribution in [0.1, 0.15) is 11.1 Å². The Bertz CT molecular complexity index is 1050. The van der Waals surface area contributed by atoms with Crippen molar-refractivity contribution in [1.82, 2.24) is 4.90 Å². The molecule has 7 heteroatoms. The molecule has 3 rings (SSSR count). The summed E-state index contributed by atoms with van der Waals surface area (Å²) in [5.74, 6) is 1.89. The fourth-order valence-corrected chi connectivity index (χ4v) is 4.38. The third kappa shape index (κ3) is 5.81. The van der Waals surface area contributed by atoms with Gasteiger partial charge < -0.3 is 14.2 Å². The van der Waals surface area contributed by atoms with Gasteiger partial charge in [0.2, 0.25) is 0 Å². The summed E-state index contributed by atoms with van der Waals surface area (Å²) in [6.07, 6.45) is 6.06. The normalized spacial score (nSPS) is 14.5. The van der Waals surface area contributed by atoms with Gasteiger partial charge in [-0.15, -0.1) is 13.2 Å². The average molecular weight is 468 g/mol. The molecule has 1 aliphatic rings. The van der Waals surface area contributed by atoms with Crippen molar-refractivity contribution in [3.8, 4) is 17.2 Å². The van der Waals surface area contributed by atoms with Crippen LogP contribution in [0, 0.1) is 0 Å². The monoisotopic (exact) mass is 467 g/mol. The molecular weight excluding hydrogens is 442 g/mol. The predicted octanol–water partition coefficient (Wildman–Crippen LogP) is 5.27. The van der Waals surface area contributed by atoms with Gasteiger partial charge in [0.1, 0.15) is 23.3 Å². The van der Waals surface area contributed by atoms with Crippen molar-refractivity contribution in [2.75, 3.05) is 26.9 Å². The Kier molecular flexibility index (Phi) is 8.53. The molecule has 0 saturated carbocycles. The first-order chi connectivity index (χ1) is 15.6. The SMILES string of the molecule is C=CCc1ccccc1OCCOc1ccc(/C=C2\SC(=S)N(CC=C)C2=O)cc1OC. The average Bonchev–Trinajstić information content (AvgIpc) is 3.06. The molecule has 2 aromatic rings. The number of hydrogen-bond donors (Lipinski definition) is 0. The summed E-state index contributed by atoms with van der Waals surface area (Å²) in [4.78, 5) is 14.6. The summed E-state index contributed by atoms with van der Waals surface area (Å²) < 4.78 is 17.7. The third-order valence-corrected chi connectivity index (χ3v) is 5.98. The summed E-state index contributed by atoms with van der Waals surface area (Å²) in [7, 11) is 1.58. The summed E-state index contributed by atoms with van der Waals surface area (Å²) in [5.41, 5.74) is 1.91. The van der Waals surface area contributed by atoms with Gasteiger partial charge in [0, 0.05) is 6.54 Å². The highest BCUT2D eigenvalue weighted by molar-refractivity contribution is 8.26. The summed E-state index contributed by atoms with van der Waals surface area (Å²) in [6.45, 7) is 8.60. The fraction of sp³-hybridized carbons (Fsp3) is 0.200. The lowest BCUT2D eigenvalue weighted by Crippen LogP contribution is -2.27. The van der Waals surface area contributed by atoms with Gasteiger partial charge in [-0.25, -0.2) is 0 Å². The fourth-order valence-electron chi connectivity index (χ4n) is 3.10. The molecule has 0 spiro atoms. The standard InChI is InChI=1S/C25H25NO4S2/c1-4-8-19-9-6-7-10-20(19)29-14-15-30-21-12-11-18(16-22(21)28-3)17-23-24(27)26(13-5-2)25(31)32-23/h4-7,9-12,16-17H,1-2,8,13-15H2,3H3/b23-17-. The van der Waals surface area contributed by atoms with Gasteiger partial charge >= 0.3 is 0 Å². The van der Waals surface area contributed by atoms with Crippen LogP contribution >= 0.6 is 24.0 Å². The second-order valence-corrected chi connectivity index (χ2v) is 8.46. The van der Waals surface area contributed by atoms with E-state index in [1.54, 1.807) is 19.3 Å². The highest BCUT2D eigenvalue weighted by Crippen LogP contribution is 2.34. The first-order valence-corrected chi connectivity index (χ1v) is 11.3. The van der Waals surface area contributed by atoms with Gasteiger partial charge in [-0.2, -0.15) is 0 Å². The van der Waals surface area contributed by atoms with Crippen LogP contribution in [-0.4, -0.2) is 42.0 Å². The largest absolute Gasteiger partial charge is 0.493 e. The van der Waals surface area contributed by atoms with E-state index in [0.717, 1.165) is 23.3 Å². The lowest BCUT2D eigenvalue weighted by molar-refractivity contribution is -0.121.